The third-order valence-corrected chi connectivity index (χ3v) is 6.67. The van der Waals surface area contributed by atoms with E-state index in [1.165, 1.54) is 4.90 Å². The molecule has 6 rings (SSSR count). The summed E-state index contributed by atoms with van der Waals surface area (Å²) >= 11 is 0. The summed E-state index contributed by atoms with van der Waals surface area (Å²) in [6.07, 6.45) is 1.64. The second-order valence-corrected chi connectivity index (χ2v) is 9.12. The van der Waals surface area contributed by atoms with Gasteiger partial charge in [0, 0.05) is 6.20 Å². The standard InChI is InChI=1S/C31H24N2O5/c1-19-14-15-32-26(16-19)33-28(27-29(34)22-10-6-7-11-23(22)38-30(27)31(33)35)21-12-13-24(25(17-21)36-2)37-18-20-8-4-3-5-9-20/h3-17,28H,18H2,1-2H3. The van der Waals surface area contributed by atoms with Crippen LogP contribution in [0, 0.1) is 6.92 Å². The van der Waals surface area contributed by atoms with Crippen molar-refractivity contribution in [3.63, 3.8) is 0 Å². The normalized spacial score (nSPS) is 14.5. The third kappa shape index (κ3) is 3.98. The average Bonchev–Trinajstić information content (AvgIpc) is 3.24. The van der Waals surface area contributed by atoms with Gasteiger partial charge in [-0.15, -0.1) is 0 Å². The smallest absolute Gasteiger partial charge is 0.296 e. The van der Waals surface area contributed by atoms with Gasteiger partial charge in [0.1, 0.15) is 18.0 Å². The maximum Gasteiger partial charge on any atom is 0.296 e. The number of fused-ring (bicyclic) bond motifs is 2. The number of hydrogen-bond acceptors (Lipinski definition) is 6. The number of ether oxygens (including phenoxy) is 2. The highest BCUT2D eigenvalue weighted by atomic mass is 16.5. The molecule has 5 aromatic rings. The van der Waals surface area contributed by atoms with Gasteiger partial charge in [0.15, 0.2) is 16.9 Å². The molecule has 3 heterocycles. The van der Waals surface area contributed by atoms with Crippen LogP contribution in [0.15, 0.2) is 100 Å². The van der Waals surface area contributed by atoms with Crippen molar-refractivity contribution < 1.29 is 18.7 Å². The van der Waals surface area contributed by atoms with Gasteiger partial charge >= 0.3 is 0 Å². The molecule has 1 amide bonds. The minimum absolute atomic E-state index is 0.0189. The number of carbonyl (C=O) groups is 1. The summed E-state index contributed by atoms with van der Waals surface area (Å²) in [6.45, 7) is 2.30. The molecular formula is C31H24N2O5. The van der Waals surface area contributed by atoms with Crippen LogP contribution < -0.4 is 19.8 Å². The Bertz CT molecular complexity index is 1730. The molecule has 0 spiro atoms. The van der Waals surface area contributed by atoms with Gasteiger partial charge in [-0.2, -0.15) is 0 Å². The molecule has 38 heavy (non-hydrogen) atoms. The molecule has 0 saturated carbocycles. The molecule has 0 bridgehead atoms. The van der Waals surface area contributed by atoms with E-state index in [0.29, 0.717) is 40.5 Å². The first kappa shape index (κ1) is 23.5. The van der Waals surface area contributed by atoms with Crippen molar-refractivity contribution in [2.24, 2.45) is 0 Å². The van der Waals surface area contributed by atoms with Crippen LogP contribution in [0.5, 0.6) is 11.5 Å². The lowest BCUT2D eigenvalue weighted by atomic mass is 9.98. The van der Waals surface area contributed by atoms with E-state index >= 15 is 0 Å². The minimum atomic E-state index is -0.760. The largest absolute Gasteiger partial charge is 0.493 e. The zero-order chi connectivity index (χ0) is 26.2. The third-order valence-electron chi connectivity index (χ3n) is 6.67. The Hall–Kier alpha value is -4.91. The van der Waals surface area contributed by atoms with Crippen LogP contribution in [-0.2, 0) is 6.61 Å². The van der Waals surface area contributed by atoms with E-state index in [0.717, 1.165) is 11.1 Å². The summed E-state index contributed by atoms with van der Waals surface area (Å²) in [5, 5.41) is 0.415. The Labute approximate surface area is 218 Å². The van der Waals surface area contributed by atoms with Gasteiger partial charge in [-0.1, -0.05) is 48.5 Å². The van der Waals surface area contributed by atoms with Crippen LogP contribution in [0.4, 0.5) is 5.82 Å². The Morgan fingerprint density at radius 2 is 1.71 bits per heavy atom. The molecule has 1 atom stereocenters. The number of anilines is 1. The highest BCUT2D eigenvalue weighted by Gasteiger charge is 2.44. The van der Waals surface area contributed by atoms with Gasteiger partial charge in [0.2, 0.25) is 5.76 Å². The summed E-state index contributed by atoms with van der Waals surface area (Å²) in [4.78, 5) is 33.5. The lowest BCUT2D eigenvalue weighted by Crippen LogP contribution is -2.30. The van der Waals surface area contributed by atoms with Crippen molar-refractivity contribution >= 4 is 22.7 Å². The zero-order valence-electron chi connectivity index (χ0n) is 20.9. The SMILES string of the molecule is COc1cc(C2c3c(oc4ccccc4c3=O)C(=O)N2c2cc(C)ccn2)ccc1OCc1ccccc1. The number of aryl methyl sites for hydroxylation is 1. The van der Waals surface area contributed by atoms with Gasteiger partial charge in [0.05, 0.1) is 24.1 Å². The lowest BCUT2D eigenvalue weighted by Gasteiger charge is -2.25. The van der Waals surface area contributed by atoms with E-state index in [-0.39, 0.29) is 16.8 Å². The number of aromatic nitrogens is 1. The number of carbonyl (C=O) groups excluding carboxylic acids is 1. The first-order valence-electron chi connectivity index (χ1n) is 12.2. The topological polar surface area (TPSA) is 81.9 Å². The number of para-hydroxylation sites is 1. The zero-order valence-corrected chi connectivity index (χ0v) is 20.9. The summed E-state index contributed by atoms with van der Waals surface area (Å²) < 4.78 is 17.7. The Balaban J connectivity index is 1.49. The number of amides is 1. The van der Waals surface area contributed by atoms with Crippen molar-refractivity contribution in [1.29, 1.82) is 0 Å². The van der Waals surface area contributed by atoms with Gasteiger partial charge < -0.3 is 13.9 Å². The first-order valence-corrected chi connectivity index (χ1v) is 12.2. The molecule has 0 radical (unpaired) electrons. The summed E-state index contributed by atoms with van der Waals surface area (Å²) in [5.41, 5.74) is 3.02. The molecule has 3 aromatic carbocycles. The second-order valence-electron chi connectivity index (χ2n) is 9.12. The van der Waals surface area contributed by atoms with Crippen LogP contribution in [0.2, 0.25) is 0 Å². The van der Waals surface area contributed by atoms with Crippen LogP contribution in [0.1, 0.15) is 38.9 Å². The number of benzene rings is 3. The molecule has 1 unspecified atom stereocenters. The summed E-state index contributed by atoms with van der Waals surface area (Å²) in [5.74, 6) is 1.06. The number of hydrogen-bond donors (Lipinski definition) is 0. The molecule has 188 valence electrons. The molecule has 1 aliphatic heterocycles. The number of pyridine rings is 1. The quantitative estimate of drug-likeness (QED) is 0.289. The lowest BCUT2D eigenvalue weighted by molar-refractivity contribution is 0.0970. The van der Waals surface area contributed by atoms with Crippen LogP contribution in [0.25, 0.3) is 11.0 Å². The Morgan fingerprint density at radius 1 is 0.921 bits per heavy atom. The molecule has 2 aromatic heterocycles. The van der Waals surface area contributed by atoms with Crippen LogP contribution in [0.3, 0.4) is 0 Å². The number of rotatable bonds is 6. The molecule has 7 heteroatoms. The van der Waals surface area contributed by atoms with E-state index in [1.54, 1.807) is 49.7 Å². The van der Waals surface area contributed by atoms with Gasteiger partial charge in [0.25, 0.3) is 5.91 Å². The number of nitrogens with zero attached hydrogens (tertiary/aromatic N) is 2. The van der Waals surface area contributed by atoms with Crippen LogP contribution in [-0.4, -0.2) is 18.0 Å². The maximum absolute atomic E-state index is 13.8. The molecular weight excluding hydrogens is 480 g/mol. The minimum Gasteiger partial charge on any atom is -0.493 e. The Kier molecular flexibility index (Phi) is 5.88. The Morgan fingerprint density at radius 3 is 2.50 bits per heavy atom. The van der Waals surface area contributed by atoms with Gasteiger partial charge in [-0.25, -0.2) is 4.98 Å². The molecule has 0 N–H and O–H groups in total. The fourth-order valence-electron chi connectivity index (χ4n) is 4.83. The van der Waals surface area contributed by atoms with Crippen molar-refractivity contribution in [1.82, 2.24) is 4.98 Å². The van der Waals surface area contributed by atoms with E-state index in [2.05, 4.69) is 4.98 Å². The first-order chi connectivity index (χ1) is 18.5. The molecule has 0 aliphatic carbocycles. The second kappa shape index (κ2) is 9.52. The van der Waals surface area contributed by atoms with Gasteiger partial charge in [-0.3, -0.25) is 14.5 Å². The number of methoxy groups -OCH3 is 1. The fraction of sp³-hybridized carbons (Fsp3) is 0.129. The van der Waals surface area contributed by atoms with Crippen molar-refractivity contribution in [3.05, 3.63) is 129 Å². The van der Waals surface area contributed by atoms with Crippen molar-refractivity contribution in [2.45, 2.75) is 19.6 Å². The fourth-order valence-corrected chi connectivity index (χ4v) is 4.83. The predicted molar refractivity (Wildman–Crippen MR) is 144 cm³/mol. The van der Waals surface area contributed by atoms with Crippen LogP contribution >= 0.6 is 0 Å². The van der Waals surface area contributed by atoms with Gasteiger partial charge in [-0.05, 0) is 60.0 Å². The maximum atomic E-state index is 13.8. The van der Waals surface area contributed by atoms with E-state index in [4.69, 9.17) is 13.9 Å². The monoisotopic (exact) mass is 504 g/mol. The van der Waals surface area contributed by atoms with Crippen molar-refractivity contribution in [2.75, 3.05) is 12.0 Å². The molecule has 0 saturated heterocycles. The van der Waals surface area contributed by atoms with Crippen molar-refractivity contribution in [3.8, 4) is 11.5 Å². The summed E-state index contributed by atoms with van der Waals surface area (Å²) in [6, 6.07) is 25.1. The van der Waals surface area contributed by atoms with E-state index in [9.17, 15) is 9.59 Å². The highest BCUT2D eigenvalue weighted by Crippen LogP contribution is 2.43. The molecule has 1 aliphatic rings. The van der Waals surface area contributed by atoms with E-state index < -0.39 is 11.9 Å². The molecule has 0 fully saturated rings. The predicted octanol–water partition coefficient (Wildman–Crippen LogP) is 5.83. The summed E-state index contributed by atoms with van der Waals surface area (Å²) in [7, 11) is 1.56. The highest BCUT2D eigenvalue weighted by molar-refractivity contribution is 6.10. The molecule has 7 nitrogen and oxygen atoms in total. The average molecular weight is 505 g/mol. The van der Waals surface area contributed by atoms with E-state index in [1.807, 2.05) is 55.5 Å².